The Morgan fingerprint density at radius 3 is 2.62 bits per heavy atom. The lowest BCUT2D eigenvalue weighted by atomic mass is 10.1. The van der Waals surface area contributed by atoms with Crippen LogP contribution in [0.5, 0.6) is 5.75 Å². The fraction of sp³-hybridized carbons (Fsp3) is 0.429. The monoisotopic (exact) mass is 298 g/mol. The van der Waals surface area contributed by atoms with Crippen LogP contribution in [0, 0.1) is 5.82 Å². The van der Waals surface area contributed by atoms with E-state index in [1.165, 1.54) is 19.2 Å². The second-order valence-electron chi connectivity index (χ2n) is 4.40. The molecule has 1 aromatic rings. The Balaban J connectivity index is 2.22. The Hall–Kier alpha value is -2.31. The standard InChI is InChI=1S/C14H19FN2O4/c1-21-12-5-4-10(9-11(12)15)6-8-17-14(20)16-7-2-3-13(18)19/h4-5,9H,2-3,6-8H2,1H3,(H,18,19)(H2,16,17,20). The molecule has 116 valence electrons. The normalized spacial score (nSPS) is 10.0. The molecule has 0 aliphatic heterocycles. The number of urea groups is 1. The van der Waals surface area contributed by atoms with Gasteiger partial charge in [0.2, 0.25) is 0 Å². The van der Waals surface area contributed by atoms with E-state index in [0.717, 1.165) is 5.56 Å². The molecule has 0 saturated heterocycles. The van der Waals surface area contributed by atoms with E-state index >= 15 is 0 Å². The third kappa shape index (κ3) is 6.60. The van der Waals surface area contributed by atoms with Crippen molar-refractivity contribution in [2.75, 3.05) is 20.2 Å². The fourth-order valence-corrected chi connectivity index (χ4v) is 1.69. The maximum absolute atomic E-state index is 13.4. The molecule has 0 saturated carbocycles. The van der Waals surface area contributed by atoms with Gasteiger partial charge in [-0.2, -0.15) is 0 Å². The van der Waals surface area contributed by atoms with Gasteiger partial charge >= 0.3 is 12.0 Å². The van der Waals surface area contributed by atoms with Gasteiger partial charge in [-0.1, -0.05) is 6.07 Å². The summed E-state index contributed by atoms with van der Waals surface area (Å²) in [5.41, 5.74) is 0.750. The van der Waals surface area contributed by atoms with E-state index in [9.17, 15) is 14.0 Å². The molecule has 21 heavy (non-hydrogen) atoms. The summed E-state index contributed by atoms with van der Waals surface area (Å²) in [6.07, 6.45) is 0.890. The zero-order valence-corrected chi connectivity index (χ0v) is 11.8. The van der Waals surface area contributed by atoms with Gasteiger partial charge in [0.05, 0.1) is 7.11 Å². The minimum atomic E-state index is -0.890. The van der Waals surface area contributed by atoms with Gasteiger partial charge in [-0.15, -0.1) is 0 Å². The molecule has 0 unspecified atom stereocenters. The zero-order chi connectivity index (χ0) is 15.7. The van der Waals surface area contributed by atoms with E-state index in [0.29, 0.717) is 25.9 Å². The van der Waals surface area contributed by atoms with Crippen LogP contribution in [-0.4, -0.2) is 37.3 Å². The number of rotatable bonds is 8. The molecule has 7 heteroatoms. The molecule has 0 heterocycles. The van der Waals surface area contributed by atoms with Crippen molar-refractivity contribution in [2.24, 2.45) is 0 Å². The van der Waals surface area contributed by atoms with Gasteiger partial charge in [-0.05, 0) is 30.5 Å². The summed E-state index contributed by atoms with van der Waals surface area (Å²) in [4.78, 5) is 21.7. The maximum atomic E-state index is 13.4. The van der Waals surface area contributed by atoms with E-state index in [1.54, 1.807) is 6.07 Å². The minimum Gasteiger partial charge on any atom is -0.494 e. The Kier molecular flexibility index (Phi) is 7.00. The second kappa shape index (κ2) is 8.78. The van der Waals surface area contributed by atoms with Crippen molar-refractivity contribution < 1.29 is 23.8 Å². The van der Waals surface area contributed by atoms with Crippen molar-refractivity contribution in [3.8, 4) is 5.75 Å². The van der Waals surface area contributed by atoms with Crippen LogP contribution in [0.4, 0.5) is 9.18 Å². The number of carbonyl (C=O) groups excluding carboxylic acids is 1. The van der Waals surface area contributed by atoms with Gasteiger partial charge in [0.25, 0.3) is 0 Å². The number of hydrogen-bond acceptors (Lipinski definition) is 3. The molecule has 2 amide bonds. The summed E-state index contributed by atoms with van der Waals surface area (Å²) in [5.74, 6) is -1.14. The Labute approximate surface area is 122 Å². The van der Waals surface area contributed by atoms with Crippen LogP contribution in [0.3, 0.4) is 0 Å². The number of hydrogen-bond donors (Lipinski definition) is 3. The molecule has 1 rings (SSSR count). The average molecular weight is 298 g/mol. The number of carboxylic acid groups (broad SMARTS) is 1. The predicted octanol–water partition coefficient (Wildman–Crippen LogP) is 1.54. The molecule has 0 aliphatic rings. The zero-order valence-electron chi connectivity index (χ0n) is 11.8. The van der Waals surface area contributed by atoms with Crippen LogP contribution in [0.15, 0.2) is 18.2 Å². The topological polar surface area (TPSA) is 87.7 Å². The third-order valence-corrected chi connectivity index (χ3v) is 2.77. The van der Waals surface area contributed by atoms with Gasteiger partial charge in [0, 0.05) is 19.5 Å². The van der Waals surface area contributed by atoms with Crippen LogP contribution in [0.2, 0.25) is 0 Å². The number of benzene rings is 1. The van der Waals surface area contributed by atoms with E-state index in [4.69, 9.17) is 9.84 Å². The van der Waals surface area contributed by atoms with E-state index in [1.807, 2.05) is 0 Å². The molecule has 0 atom stereocenters. The first-order valence-electron chi connectivity index (χ1n) is 6.59. The molecule has 3 N–H and O–H groups in total. The first kappa shape index (κ1) is 16.7. The van der Waals surface area contributed by atoms with Crippen LogP contribution in [0.1, 0.15) is 18.4 Å². The quantitative estimate of drug-likeness (QED) is 0.635. The van der Waals surface area contributed by atoms with Crippen LogP contribution < -0.4 is 15.4 Å². The number of amides is 2. The lowest BCUT2D eigenvalue weighted by Gasteiger charge is -2.08. The largest absolute Gasteiger partial charge is 0.494 e. The molecule has 0 radical (unpaired) electrons. The summed E-state index contributed by atoms with van der Waals surface area (Å²) < 4.78 is 18.3. The fourth-order valence-electron chi connectivity index (χ4n) is 1.69. The van der Waals surface area contributed by atoms with Crippen molar-refractivity contribution in [1.29, 1.82) is 0 Å². The maximum Gasteiger partial charge on any atom is 0.314 e. The van der Waals surface area contributed by atoms with Crippen molar-refractivity contribution in [2.45, 2.75) is 19.3 Å². The molecule has 1 aromatic carbocycles. The van der Waals surface area contributed by atoms with Crippen molar-refractivity contribution in [3.05, 3.63) is 29.6 Å². The van der Waals surface area contributed by atoms with Crippen molar-refractivity contribution in [3.63, 3.8) is 0 Å². The number of carbonyl (C=O) groups is 2. The molecule has 0 spiro atoms. The Morgan fingerprint density at radius 2 is 2.00 bits per heavy atom. The summed E-state index contributed by atoms with van der Waals surface area (Å²) in [6, 6.07) is 4.27. The smallest absolute Gasteiger partial charge is 0.314 e. The van der Waals surface area contributed by atoms with E-state index < -0.39 is 11.8 Å². The van der Waals surface area contributed by atoms with Gasteiger partial charge in [0.1, 0.15) is 0 Å². The van der Waals surface area contributed by atoms with E-state index in [2.05, 4.69) is 10.6 Å². The number of halogens is 1. The third-order valence-electron chi connectivity index (χ3n) is 2.77. The highest BCUT2D eigenvalue weighted by Crippen LogP contribution is 2.17. The lowest BCUT2D eigenvalue weighted by molar-refractivity contribution is -0.137. The van der Waals surface area contributed by atoms with E-state index in [-0.39, 0.29) is 18.2 Å². The number of ether oxygens (including phenoxy) is 1. The van der Waals surface area contributed by atoms with Crippen LogP contribution >= 0.6 is 0 Å². The molecule has 0 bridgehead atoms. The summed E-state index contributed by atoms with van der Waals surface area (Å²) in [7, 11) is 1.40. The second-order valence-corrected chi connectivity index (χ2v) is 4.40. The Bertz CT molecular complexity index is 494. The first-order valence-corrected chi connectivity index (χ1v) is 6.59. The minimum absolute atomic E-state index is 0.0193. The van der Waals surface area contributed by atoms with Gasteiger partial charge in [-0.25, -0.2) is 9.18 Å². The summed E-state index contributed by atoms with van der Waals surface area (Å²) >= 11 is 0. The molecular formula is C14H19FN2O4. The van der Waals surface area contributed by atoms with Crippen LogP contribution in [0.25, 0.3) is 0 Å². The van der Waals surface area contributed by atoms with Crippen molar-refractivity contribution in [1.82, 2.24) is 10.6 Å². The highest BCUT2D eigenvalue weighted by molar-refractivity contribution is 5.73. The Morgan fingerprint density at radius 1 is 1.29 bits per heavy atom. The molecule has 0 aliphatic carbocycles. The first-order chi connectivity index (χ1) is 10.0. The number of aliphatic carboxylic acids is 1. The molecule has 0 fully saturated rings. The van der Waals surface area contributed by atoms with Crippen LogP contribution in [-0.2, 0) is 11.2 Å². The highest BCUT2D eigenvalue weighted by atomic mass is 19.1. The predicted molar refractivity (Wildman–Crippen MR) is 74.9 cm³/mol. The molecular weight excluding hydrogens is 279 g/mol. The van der Waals surface area contributed by atoms with Gasteiger partial charge < -0.3 is 20.5 Å². The van der Waals surface area contributed by atoms with Crippen molar-refractivity contribution >= 4 is 12.0 Å². The highest BCUT2D eigenvalue weighted by Gasteiger charge is 2.04. The SMILES string of the molecule is COc1ccc(CCNC(=O)NCCCC(=O)O)cc1F. The summed E-state index contributed by atoms with van der Waals surface area (Å²) in [5, 5.41) is 13.6. The molecule has 6 nitrogen and oxygen atoms in total. The summed E-state index contributed by atoms with van der Waals surface area (Å²) in [6.45, 7) is 0.659. The van der Waals surface area contributed by atoms with Gasteiger partial charge in [-0.3, -0.25) is 4.79 Å². The average Bonchev–Trinajstić information content (AvgIpc) is 2.43. The lowest BCUT2D eigenvalue weighted by Crippen LogP contribution is -2.37. The number of methoxy groups -OCH3 is 1. The number of carboxylic acids is 1. The van der Waals surface area contributed by atoms with Gasteiger partial charge in [0.15, 0.2) is 11.6 Å². The molecule has 0 aromatic heterocycles. The number of nitrogens with one attached hydrogen (secondary N) is 2.